The van der Waals surface area contributed by atoms with E-state index in [1.54, 1.807) is 24.3 Å². The van der Waals surface area contributed by atoms with Gasteiger partial charge in [-0.1, -0.05) is 16.8 Å². The van der Waals surface area contributed by atoms with Crippen molar-refractivity contribution in [3.63, 3.8) is 0 Å². The average Bonchev–Trinajstić information content (AvgIpc) is 3.42. The van der Waals surface area contributed by atoms with Gasteiger partial charge in [0.2, 0.25) is 11.6 Å². The molecule has 0 unspecified atom stereocenters. The van der Waals surface area contributed by atoms with Crippen LogP contribution in [0.15, 0.2) is 45.6 Å². The zero-order valence-electron chi connectivity index (χ0n) is 13.6. The SMILES string of the molecule is O=C(Cn1nnc(-c2ccsc2)n1)OCc1nc(-c2ccc(Cl)cc2)no1. The number of hydrogen-bond acceptors (Lipinski definition) is 9. The molecule has 27 heavy (non-hydrogen) atoms. The van der Waals surface area contributed by atoms with E-state index in [1.807, 2.05) is 16.8 Å². The topological polar surface area (TPSA) is 109 Å². The molecule has 4 rings (SSSR count). The third kappa shape index (κ3) is 4.18. The highest BCUT2D eigenvalue weighted by molar-refractivity contribution is 7.08. The molecule has 0 fully saturated rings. The Morgan fingerprint density at radius 3 is 2.81 bits per heavy atom. The molecule has 0 saturated carbocycles. The molecule has 9 nitrogen and oxygen atoms in total. The monoisotopic (exact) mass is 402 g/mol. The van der Waals surface area contributed by atoms with Crippen LogP contribution in [0.5, 0.6) is 0 Å². The average molecular weight is 403 g/mol. The second-order valence-corrected chi connectivity index (χ2v) is 6.55. The van der Waals surface area contributed by atoms with Crippen molar-refractivity contribution < 1.29 is 14.1 Å². The zero-order valence-corrected chi connectivity index (χ0v) is 15.2. The Morgan fingerprint density at radius 2 is 2.04 bits per heavy atom. The Bertz CT molecular complexity index is 1040. The normalized spacial score (nSPS) is 10.9. The van der Waals surface area contributed by atoms with Gasteiger partial charge in [0.1, 0.15) is 0 Å². The Hall–Kier alpha value is -3.11. The molecule has 3 heterocycles. The lowest BCUT2D eigenvalue weighted by Gasteiger charge is -2.00. The number of thiophene rings is 1. The molecular formula is C16H11ClN6O3S. The van der Waals surface area contributed by atoms with E-state index in [-0.39, 0.29) is 19.0 Å². The van der Waals surface area contributed by atoms with Gasteiger partial charge in [0.25, 0.3) is 5.89 Å². The minimum Gasteiger partial charge on any atom is -0.454 e. The van der Waals surface area contributed by atoms with E-state index in [2.05, 4.69) is 25.6 Å². The smallest absolute Gasteiger partial charge is 0.330 e. The third-order valence-electron chi connectivity index (χ3n) is 3.43. The summed E-state index contributed by atoms with van der Waals surface area (Å²) in [5.74, 6) is 0.471. The number of carbonyl (C=O) groups excluding carboxylic acids is 1. The van der Waals surface area contributed by atoms with E-state index in [9.17, 15) is 4.79 Å². The molecule has 0 spiro atoms. The molecule has 0 aliphatic carbocycles. The maximum absolute atomic E-state index is 11.9. The fourth-order valence-corrected chi connectivity index (χ4v) is 2.91. The van der Waals surface area contributed by atoms with Gasteiger partial charge < -0.3 is 9.26 Å². The van der Waals surface area contributed by atoms with E-state index in [0.717, 1.165) is 11.1 Å². The Morgan fingerprint density at radius 1 is 1.19 bits per heavy atom. The number of hydrogen-bond donors (Lipinski definition) is 0. The summed E-state index contributed by atoms with van der Waals surface area (Å²) in [5, 5.41) is 20.1. The highest BCUT2D eigenvalue weighted by atomic mass is 35.5. The lowest BCUT2D eigenvalue weighted by molar-refractivity contribution is -0.147. The van der Waals surface area contributed by atoms with Gasteiger partial charge in [-0.05, 0) is 40.9 Å². The quantitative estimate of drug-likeness (QED) is 0.453. The van der Waals surface area contributed by atoms with Crippen LogP contribution in [0.3, 0.4) is 0 Å². The highest BCUT2D eigenvalue weighted by Gasteiger charge is 2.13. The zero-order chi connectivity index (χ0) is 18.6. The van der Waals surface area contributed by atoms with Crippen LogP contribution in [0, 0.1) is 0 Å². The number of halogens is 1. The first-order valence-corrected chi connectivity index (χ1v) is 9.04. The van der Waals surface area contributed by atoms with Crippen molar-refractivity contribution in [3.05, 3.63) is 52.0 Å². The number of tetrazole rings is 1. The summed E-state index contributed by atoms with van der Waals surface area (Å²) in [5.41, 5.74) is 1.59. The number of rotatable bonds is 6. The molecule has 0 bridgehead atoms. The molecule has 0 amide bonds. The summed E-state index contributed by atoms with van der Waals surface area (Å²) in [4.78, 5) is 17.3. The van der Waals surface area contributed by atoms with E-state index in [0.29, 0.717) is 16.7 Å². The molecule has 4 aromatic rings. The van der Waals surface area contributed by atoms with Crippen molar-refractivity contribution in [1.29, 1.82) is 0 Å². The minimum atomic E-state index is -0.546. The number of nitrogens with zero attached hydrogens (tertiary/aromatic N) is 6. The van der Waals surface area contributed by atoms with E-state index in [1.165, 1.54) is 16.1 Å². The van der Waals surface area contributed by atoms with Crippen LogP contribution in [-0.2, 0) is 22.7 Å². The summed E-state index contributed by atoms with van der Waals surface area (Å²) >= 11 is 7.37. The number of aromatic nitrogens is 6. The lowest BCUT2D eigenvalue weighted by Crippen LogP contribution is -2.15. The first-order chi connectivity index (χ1) is 13.2. The Balaban J connectivity index is 1.32. The number of benzene rings is 1. The van der Waals surface area contributed by atoms with Crippen LogP contribution in [0.4, 0.5) is 0 Å². The standard InChI is InChI=1S/C16H11ClN6O3S/c17-12-3-1-10(2-4-12)15-18-13(26-21-15)8-25-14(24)7-23-20-16(19-22-23)11-5-6-27-9-11/h1-6,9H,7-8H2. The van der Waals surface area contributed by atoms with Gasteiger partial charge in [0, 0.05) is 21.5 Å². The molecular weight excluding hydrogens is 392 g/mol. The van der Waals surface area contributed by atoms with Crippen LogP contribution in [-0.4, -0.2) is 36.3 Å². The largest absolute Gasteiger partial charge is 0.454 e. The van der Waals surface area contributed by atoms with Gasteiger partial charge in [0.05, 0.1) is 0 Å². The van der Waals surface area contributed by atoms with E-state index in [4.69, 9.17) is 20.9 Å². The summed E-state index contributed by atoms with van der Waals surface area (Å²) in [6, 6.07) is 8.86. The summed E-state index contributed by atoms with van der Waals surface area (Å²) in [6.07, 6.45) is 0. The summed E-state index contributed by atoms with van der Waals surface area (Å²) in [7, 11) is 0. The first-order valence-electron chi connectivity index (χ1n) is 7.72. The van der Waals surface area contributed by atoms with Crippen LogP contribution >= 0.6 is 22.9 Å². The molecule has 136 valence electrons. The number of esters is 1. The van der Waals surface area contributed by atoms with E-state index < -0.39 is 5.97 Å². The van der Waals surface area contributed by atoms with E-state index >= 15 is 0 Å². The Labute approximate surface area is 161 Å². The fraction of sp³-hybridized carbons (Fsp3) is 0.125. The van der Waals surface area contributed by atoms with Gasteiger partial charge in [-0.15, -0.1) is 10.2 Å². The van der Waals surface area contributed by atoms with Crippen LogP contribution < -0.4 is 0 Å². The second-order valence-electron chi connectivity index (χ2n) is 5.33. The molecule has 0 saturated heterocycles. The van der Waals surface area contributed by atoms with Gasteiger partial charge in [-0.2, -0.15) is 21.1 Å². The maximum Gasteiger partial charge on any atom is 0.330 e. The van der Waals surface area contributed by atoms with Crippen molar-refractivity contribution in [2.45, 2.75) is 13.2 Å². The van der Waals surface area contributed by atoms with Crippen LogP contribution in [0.25, 0.3) is 22.8 Å². The maximum atomic E-state index is 11.9. The molecule has 0 aliphatic rings. The van der Waals surface area contributed by atoms with Gasteiger partial charge in [-0.25, -0.2) is 4.79 Å². The summed E-state index contributed by atoms with van der Waals surface area (Å²) < 4.78 is 10.2. The van der Waals surface area contributed by atoms with Gasteiger partial charge >= 0.3 is 5.97 Å². The van der Waals surface area contributed by atoms with Crippen molar-refractivity contribution >= 4 is 28.9 Å². The Kier molecular flexibility index (Phi) is 4.90. The second kappa shape index (κ2) is 7.64. The first kappa shape index (κ1) is 17.3. The molecule has 11 heteroatoms. The van der Waals surface area contributed by atoms with Crippen molar-refractivity contribution in [3.8, 4) is 22.8 Å². The molecule has 1 aromatic carbocycles. The predicted molar refractivity (Wildman–Crippen MR) is 95.7 cm³/mol. The fourth-order valence-electron chi connectivity index (χ4n) is 2.15. The van der Waals surface area contributed by atoms with Gasteiger partial charge in [-0.3, -0.25) is 0 Å². The number of ether oxygens (including phenoxy) is 1. The van der Waals surface area contributed by atoms with Crippen molar-refractivity contribution in [1.82, 2.24) is 30.3 Å². The van der Waals surface area contributed by atoms with Crippen molar-refractivity contribution in [2.24, 2.45) is 0 Å². The number of carbonyl (C=O) groups is 1. The highest BCUT2D eigenvalue weighted by Crippen LogP contribution is 2.19. The molecule has 0 aliphatic heterocycles. The third-order valence-corrected chi connectivity index (χ3v) is 4.37. The molecule has 0 N–H and O–H groups in total. The molecule has 3 aromatic heterocycles. The van der Waals surface area contributed by atoms with Crippen LogP contribution in [0.2, 0.25) is 5.02 Å². The van der Waals surface area contributed by atoms with Crippen molar-refractivity contribution in [2.75, 3.05) is 0 Å². The summed E-state index contributed by atoms with van der Waals surface area (Å²) in [6.45, 7) is -0.319. The molecule has 0 atom stereocenters. The lowest BCUT2D eigenvalue weighted by atomic mass is 10.2. The van der Waals surface area contributed by atoms with Gasteiger partial charge in [0.15, 0.2) is 13.2 Å². The predicted octanol–water partition coefficient (Wildman–Crippen LogP) is 2.85. The van der Waals surface area contributed by atoms with Crippen LogP contribution in [0.1, 0.15) is 5.89 Å². The minimum absolute atomic E-state index is 0.147. The molecule has 0 radical (unpaired) electrons.